The molecule has 1 unspecified atom stereocenters. The summed E-state index contributed by atoms with van der Waals surface area (Å²) < 4.78 is 0. The van der Waals surface area contributed by atoms with E-state index in [1.165, 1.54) is 11.3 Å². The lowest BCUT2D eigenvalue weighted by Gasteiger charge is -2.21. The third kappa shape index (κ3) is 4.28. The Hall–Kier alpha value is -0.550. The third-order valence-corrected chi connectivity index (χ3v) is 4.70. The number of nitrogens with zero attached hydrogens (tertiary/aromatic N) is 2. The molecule has 0 amide bonds. The molecule has 1 aliphatic rings. The summed E-state index contributed by atoms with van der Waals surface area (Å²) in [6.07, 6.45) is 3.16. The van der Waals surface area contributed by atoms with Gasteiger partial charge in [-0.05, 0) is 18.8 Å². The number of hydrogen-bond acceptors (Lipinski definition) is 5. The van der Waals surface area contributed by atoms with Gasteiger partial charge in [0.15, 0.2) is 5.17 Å². The zero-order valence-corrected chi connectivity index (χ0v) is 13.1. The number of aliphatic imine (C=N–C) groups is 1. The van der Waals surface area contributed by atoms with E-state index in [0.717, 1.165) is 23.3 Å². The molecule has 0 radical (unpaired) electrons. The van der Waals surface area contributed by atoms with E-state index < -0.39 is 0 Å². The summed E-state index contributed by atoms with van der Waals surface area (Å²) in [6, 6.07) is 0. The van der Waals surface area contributed by atoms with Crippen LogP contribution in [0.25, 0.3) is 0 Å². The van der Waals surface area contributed by atoms with Gasteiger partial charge in [0.05, 0.1) is 18.1 Å². The fourth-order valence-electron chi connectivity index (χ4n) is 1.95. The van der Waals surface area contributed by atoms with Gasteiger partial charge < -0.3 is 5.32 Å². The molecular weight excluding hydrogens is 262 g/mol. The standard InChI is InChI=1S/C13H21N3S2/c1-9-14-7-11(17-9)8-16-12-15-6-10(18-12)5-13(2,3)4/h7,10H,5-6,8H2,1-4H3,(H,15,16). The first-order valence-electron chi connectivity index (χ1n) is 6.29. The Bertz CT molecular complexity index is 432. The maximum Gasteiger partial charge on any atom is 0.157 e. The molecule has 2 heterocycles. The Morgan fingerprint density at radius 3 is 2.83 bits per heavy atom. The predicted octanol–water partition coefficient (Wildman–Crippen LogP) is 3.45. The molecule has 5 heteroatoms. The largest absolute Gasteiger partial charge is 0.360 e. The van der Waals surface area contributed by atoms with E-state index in [2.05, 4.69) is 36.1 Å². The van der Waals surface area contributed by atoms with Gasteiger partial charge in [-0.15, -0.1) is 11.3 Å². The van der Waals surface area contributed by atoms with Crippen LogP contribution in [0.15, 0.2) is 11.2 Å². The molecule has 3 nitrogen and oxygen atoms in total. The van der Waals surface area contributed by atoms with Gasteiger partial charge in [0.2, 0.25) is 0 Å². The van der Waals surface area contributed by atoms with Gasteiger partial charge >= 0.3 is 0 Å². The maximum absolute atomic E-state index is 4.58. The smallest absolute Gasteiger partial charge is 0.157 e. The summed E-state index contributed by atoms with van der Waals surface area (Å²) >= 11 is 3.63. The highest BCUT2D eigenvalue weighted by Crippen LogP contribution is 2.31. The van der Waals surface area contributed by atoms with Gasteiger partial charge in [-0.25, -0.2) is 4.98 Å². The molecule has 100 valence electrons. The monoisotopic (exact) mass is 283 g/mol. The Balaban J connectivity index is 1.76. The zero-order chi connectivity index (χ0) is 13.2. The molecule has 0 aromatic carbocycles. The molecule has 0 fully saturated rings. The minimum Gasteiger partial charge on any atom is -0.360 e. The van der Waals surface area contributed by atoms with E-state index in [1.54, 1.807) is 11.3 Å². The minimum absolute atomic E-state index is 0.386. The third-order valence-electron chi connectivity index (χ3n) is 2.64. The van der Waals surface area contributed by atoms with Crippen molar-refractivity contribution in [2.24, 2.45) is 10.4 Å². The van der Waals surface area contributed by atoms with Gasteiger partial charge in [0.25, 0.3) is 0 Å². The van der Waals surface area contributed by atoms with Crippen molar-refractivity contribution < 1.29 is 0 Å². The lowest BCUT2D eigenvalue weighted by Crippen LogP contribution is -2.20. The Morgan fingerprint density at radius 2 is 2.22 bits per heavy atom. The van der Waals surface area contributed by atoms with Crippen molar-refractivity contribution in [3.05, 3.63) is 16.1 Å². The van der Waals surface area contributed by atoms with Crippen LogP contribution in [0.5, 0.6) is 0 Å². The number of aryl methyl sites for hydroxylation is 1. The second kappa shape index (κ2) is 5.61. The van der Waals surface area contributed by atoms with Crippen LogP contribution in [0.2, 0.25) is 0 Å². The topological polar surface area (TPSA) is 37.3 Å². The Morgan fingerprint density at radius 1 is 1.44 bits per heavy atom. The normalized spacial score (nSPS) is 20.0. The summed E-state index contributed by atoms with van der Waals surface area (Å²) in [4.78, 5) is 10.1. The number of thioether (sulfide) groups is 1. The van der Waals surface area contributed by atoms with Gasteiger partial charge in [-0.1, -0.05) is 32.5 Å². The van der Waals surface area contributed by atoms with Crippen molar-refractivity contribution in [1.29, 1.82) is 0 Å². The van der Waals surface area contributed by atoms with Gasteiger partial charge in [0.1, 0.15) is 0 Å². The van der Waals surface area contributed by atoms with E-state index in [1.807, 2.05) is 24.9 Å². The summed E-state index contributed by atoms with van der Waals surface area (Å²) in [7, 11) is 0. The van der Waals surface area contributed by atoms with Crippen LogP contribution < -0.4 is 5.32 Å². The number of hydrogen-bond donors (Lipinski definition) is 1. The van der Waals surface area contributed by atoms with E-state index in [-0.39, 0.29) is 0 Å². The van der Waals surface area contributed by atoms with E-state index in [4.69, 9.17) is 0 Å². The van der Waals surface area contributed by atoms with Crippen LogP contribution in [0.4, 0.5) is 0 Å². The lowest BCUT2D eigenvalue weighted by molar-refractivity contribution is 0.375. The first kappa shape index (κ1) is 13.9. The van der Waals surface area contributed by atoms with E-state index in [0.29, 0.717) is 10.7 Å². The number of rotatable bonds is 3. The van der Waals surface area contributed by atoms with Gasteiger partial charge in [0, 0.05) is 16.3 Å². The molecule has 1 aliphatic heterocycles. The maximum atomic E-state index is 4.58. The van der Waals surface area contributed by atoms with Crippen molar-refractivity contribution in [3.8, 4) is 0 Å². The van der Waals surface area contributed by atoms with Crippen molar-refractivity contribution in [2.75, 3.05) is 6.54 Å². The molecule has 1 atom stereocenters. The average molecular weight is 283 g/mol. The molecule has 1 aromatic rings. The van der Waals surface area contributed by atoms with Crippen molar-refractivity contribution in [3.63, 3.8) is 0 Å². The van der Waals surface area contributed by atoms with Crippen molar-refractivity contribution >= 4 is 28.3 Å². The van der Waals surface area contributed by atoms with E-state index in [9.17, 15) is 0 Å². The highest BCUT2D eigenvalue weighted by atomic mass is 32.2. The first-order chi connectivity index (χ1) is 8.42. The van der Waals surface area contributed by atoms with Gasteiger partial charge in [-0.2, -0.15) is 0 Å². The fraction of sp³-hybridized carbons (Fsp3) is 0.692. The summed E-state index contributed by atoms with van der Waals surface area (Å²) in [5.74, 6) is 0. The molecule has 0 aliphatic carbocycles. The highest BCUT2D eigenvalue weighted by Gasteiger charge is 2.24. The van der Waals surface area contributed by atoms with Crippen molar-refractivity contribution in [1.82, 2.24) is 10.3 Å². The molecule has 18 heavy (non-hydrogen) atoms. The summed E-state index contributed by atoms with van der Waals surface area (Å²) in [5, 5.41) is 6.26. The average Bonchev–Trinajstić information content (AvgIpc) is 2.82. The van der Waals surface area contributed by atoms with Crippen LogP contribution >= 0.6 is 23.1 Å². The Labute approximate surface area is 118 Å². The molecule has 1 N–H and O–H groups in total. The highest BCUT2D eigenvalue weighted by molar-refractivity contribution is 8.14. The predicted molar refractivity (Wildman–Crippen MR) is 81.4 cm³/mol. The first-order valence-corrected chi connectivity index (χ1v) is 7.98. The lowest BCUT2D eigenvalue weighted by atomic mass is 9.90. The molecular formula is C13H21N3S2. The molecule has 0 spiro atoms. The number of nitrogens with one attached hydrogen (secondary N) is 1. The fourth-order valence-corrected chi connectivity index (χ4v) is 4.04. The van der Waals surface area contributed by atoms with Crippen LogP contribution in [0.3, 0.4) is 0 Å². The molecule has 0 saturated carbocycles. The summed E-state index contributed by atoms with van der Waals surface area (Å²) in [5.41, 5.74) is 0.386. The quantitative estimate of drug-likeness (QED) is 0.923. The number of thiazole rings is 1. The molecule has 0 saturated heterocycles. The van der Waals surface area contributed by atoms with E-state index >= 15 is 0 Å². The number of amidine groups is 1. The zero-order valence-electron chi connectivity index (χ0n) is 11.5. The van der Waals surface area contributed by atoms with Crippen molar-refractivity contribution in [2.45, 2.75) is 45.9 Å². The second-order valence-corrected chi connectivity index (χ2v) is 8.46. The Kier molecular flexibility index (Phi) is 4.33. The van der Waals surface area contributed by atoms with Crippen LogP contribution in [-0.4, -0.2) is 21.9 Å². The summed E-state index contributed by atoms with van der Waals surface area (Å²) in [6.45, 7) is 10.7. The van der Waals surface area contributed by atoms with Crippen LogP contribution in [0, 0.1) is 12.3 Å². The van der Waals surface area contributed by atoms with Crippen LogP contribution in [0.1, 0.15) is 37.1 Å². The number of aromatic nitrogens is 1. The molecule has 2 rings (SSSR count). The SMILES string of the molecule is Cc1ncc(CNC2=NCC(CC(C)(C)C)S2)s1. The molecule has 0 bridgehead atoms. The molecule has 1 aromatic heterocycles. The second-order valence-electron chi connectivity index (χ2n) is 5.85. The van der Waals surface area contributed by atoms with Crippen LogP contribution in [-0.2, 0) is 6.54 Å². The minimum atomic E-state index is 0.386. The van der Waals surface area contributed by atoms with Gasteiger partial charge in [-0.3, -0.25) is 4.99 Å².